The zero-order chi connectivity index (χ0) is 15.5. The third-order valence-corrected chi connectivity index (χ3v) is 4.13. The Morgan fingerprint density at radius 1 is 1.18 bits per heavy atom. The lowest BCUT2D eigenvalue weighted by Crippen LogP contribution is -2.36. The minimum Gasteiger partial charge on any atom is -0.361 e. The van der Waals surface area contributed by atoms with Gasteiger partial charge in [0.15, 0.2) is 0 Å². The van der Waals surface area contributed by atoms with E-state index >= 15 is 0 Å². The van der Waals surface area contributed by atoms with Gasteiger partial charge >= 0.3 is 0 Å². The predicted octanol–water partition coefficient (Wildman–Crippen LogP) is 2.12. The van der Waals surface area contributed by atoms with E-state index in [1.54, 1.807) is 0 Å². The van der Waals surface area contributed by atoms with Crippen molar-refractivity contribution in [2.24, 2.45) is 0 Å². The first-order chi connectivity index (χ1) is 10.7. The van der Waals surface area contributed by atoms with Gasteiger partial charge in [-0.3, -0.25) is 9.59 Å². The van der Waals surface area contributed by atoms with E-state index in [1.807, 2.05) is 30.5 Å². The second-order valence-corrected chi connectivity index (χ2v) is 5.64. The van der Waals surface area contributed by atoms with Gasteiger partial charge in [-0.05, 0) is 37.5 Å². The number of rotatable bonds is 4. The largest absolute Gasteiger partial charge is 0.361 e. The molecule has 114 valence electrons. The average Bonchev–Trinajstić information content (AvgIpc) is 3.15. The van der Waals surface area contributed by atoms with Gasteiger partial charge in [0.1, 0.15) is 0 Å². The van der Waals surface area contributed by atoms with Crippen molar-refractivity contribution in [3.05, 3.63) is 48.7 Å². The molecule has 1 aromatic carbocycles. The zero-order valence-corrected chi connectivity index (χ0v) is 12.3. The predicted molar refractivity (Wildman–Crippen MR) is 85.5 cm³/mol. The molecule has 22 heavy (non-hydrogen) atoms. The fourth-order valence-electron chi connectivity index (χ4n) is 3.04. The van der Waals surface area contributed by atoms with Crippen LogP contribution in [-0.2, 0) is 4.79 Å². The number of nitrogens with one attached hydrogen (secondary N) is 3. The van der Waals surface area contributed by atoms with Crippen LogP contribution in [0.2, 0.25) is 0 Å². The zero-order valence-electron chi connectivity index (χ0n) is 12.3. The molecule has 1 aliphatic rings. The monoisotopic (exact) mass is 297 g/mol. The lowest BCUT2D eigenvalue weighted by Gasteiger charge is -2.14. The highest BCUT2D eigenvalue weighted by atomic mass is 16.2. The number of benzene rings is 1. The Kier molecular flexibility index (Phi) is 3.96. The molecule has 3 rings (SSSR count). The Bertz CT molecular complexity index is 720. The summed E-state index contributed by atoms with van der Waals surface area (Å²) in [5.41, 5.74) is 1.51. The Labute approximate surface area is 128 Å². The SMILES string of the molecule is C=CC(=O)N[C@@H]1CC[C@H](NC(=O)c2cccc3cc[nH]c23)C1. The molecule has 0 aliphatic heterocycles. The number of carbonyl (C=O) groups excluding carboxylic acids is 2. The van der Waals surface area contributed by atoms with Gasteiger partial charge in [-0.1, -0.05) is 18.7 Å². The molecule has 2 aromatic rings. The summed E-state index contributed by atoms with van der Waals surface area (Å²) in [6.45, 7) is 3.45. The molecule has 1 fully saturated rings. The highest BCUT2D eigenvalue weighted by Gasteiger charge is 2.27. The first-order valence-electron chi connectivity index (χ1n) is 7.47. The van der Waals surface area contributed by atoms with Crippen molar-refractivity contribution in [3.63, 3.8) is 0 Å². The third kappa shape index (κ3) is 2.88. The van der Waals surface area contributed by atoms with Gasteiger partial charge in [0.05, 0.1) is 11.1 Å². The second kappa shape index (κ2) is 6.05. The van der Waals surface area contributed by atoms with E-state index in [1.165, 1.54) is 6.08 Å². The molecule has 1 aliphatic carbocycles. The molecule has 2 amide bonds. The van der Waals surface area contributed by atoms with E-state index in [2.05, 4.69) is 22.2 Å². The molecule has 5 heteroatoms. The summed E-state index contributed by atoms with van der Waals surface area (Å²) in [6, 6.07) is 7.82. The van der Waals surface area contributed by atoms with E-state index in [0.29, 0.717) is 5.56 Å². The van der Waals surface area contributed by atoms with Gasteiger partial charge in [-0.2, -0.15) is 0 Å². The summed E-state index contributed by atoms with van der Waals surface area (Å²) < 4.78 is 0. The van der Waals surface area contributed by atoms with Crippen LogP contribution in [0.15, 0.2) is 43.1 Å². The van der Waals surface area contributed by atoms with Crippen LogP contribution in [0.1, 0.15) is 29.6 Å². The number of fused-ring (bicyclic) bond motifs is 1. The lowest BCUT2D eigenvalue weighted by atomic mass is 10.1. The third-order valence-electron chi connectivity index (χ3n) is 4.13. The standard InChI is InChI=1S/C17H19N3O2/c1-2-15(21)19-12-6-7-13(10-12)20-17(22)14-5-3-4-11-8-9-18-16(11)14/h2-5,8-9,12-13,18H,1,6-7,10H2,(H,19,21)(H,20,22)/t12-,13+/m1/s1. The highest BCUT2D eigenvalue weighted by Crippen LogP contribution is 2.21. The summed E-state index contributed by atoms with van der Waals surface area (Å²) in [7, 11) is 0. The molecule has 3 N–H and O–H groups in total. The van der Waals surface area contributed by atoms with Crippen LogP contribution in [0.5, 0.6) is 0 Å². The van der Waals surface area contributed by atoms with E-state index < -0.39 is 0 Å². The Morgan fingerprint density at radius 3 is 2.73 bits per heavy atom. The summed E-state index contributed by atoms with van der Waals surface area (Å²) in [5.74, 6) is -0.234. The maximum atomic E-state index is 12.5. The van der Waals surface area contributed by atoms with Crippen LogP contribution in [0.25, 0.3) is 10.9 Å². The molecule has 1 saturated carbocycles. The number of aromatic amines is 1. The van der Waals surface area contributed by atoms with Crippen molar-refractivity contribution in [3.8, 4) is 0 Å². The summed E-state index contributed by atoms with van der Waals surface area (Å²) in [5, 5.41) is 6.97. The van der Waals surface area contributed by atoms with E-state index in [0.717, 1.165) is 30.2 Å². The molecule has 0 saturated heterocycles. The molecule has 2 atom stereocenters. The number of H-pyrrole nitrogens is 1. The van der Waals surface area contributed by atoms with Crippen molar-refractivity contribution in [2.45, 2.75) is 31.3 Å². The summed E-state index contributed by atoms with van der Waals surface area (Å²) in [6.07, 6.45) is 5.60. The minimum absolute atomic E-state index is 0.0752. The van der Waals surface area contributed by atoms with Crippen molar-refractivity contribution in [1.82, 2.24) is 15.6 Å². The fourth-order valence-corrected chi connectivity index (χ4v) is 3.04. The van der Waals surface area contributed by atoms with Crippen molar-refractivity contribution in [1.29, 1.82) is 0 Å². The topological polar surface area (TPSA) is 74.0 Å². The van der Waals surface area contributed by atoms with Crippen molar-refractivity contribution < 1.29 is 9.59 Å². The summed E-state index contributed by atoms with van der Waals surface area (Å²) >= 11 is 0. The maximum Gasteiger partial charge on any atom is 0.253 e. The molecule has 0 unspecified atom stereocenters. The molecule has 0 radical (unpaired) electrons. The van der Waals surface area contributed by atoms with Crippen LogP contribution in [-0.4, -0.2) is 28.9 Å². The Morgan fingerprint density at radius 2 is 1.95 bits per heavy atom. The first-order valence-corrected chi connectivity index (χ1v) is 7.47. The van der Waals surface area contributed by atoms with Crippen molar-refractivity contribution >= 4 is 22.7 Å². The quantitative estimate of drug-likeness (QED) is 0.756. The van der Waals surface area contributed by atoms with E-state index in [9.17, 15) is 9.59 Å². The van der Waals surface area contributed by atoms with Gasteiger partial charge in [0.25, 0.3) is 5.91 Å². The second-order valence-electron chi connectivity index (χ2n) is 5.64. The molecular formula is C17H19N3O2. The van der Waals surface area contributed by atoms with Gasteiger partial charge in [0.2, 0.25) is 5.91 Å². The molecular weight excluding hydrogens is 278 g/mol. The first kappa shape index (κ1) is 14.4. The van der Waals surface area contributed by atoms with Crippen LogP contribution >= 0.6 is 0 Å². The van der Waals surface area contributed by atoms with Gasteiger partial charge in [-0.15, -0.1) is 0 Å². The lowest BCUT2D eigenvalue weighted by molar-refractivity contribution is -0.117. The van der Waals surface area contributed by atoms with Gasteiger partial charge in [0, 0.05) is 23.7 Å². The summed E-state index contributed by atoms with van der Waals surface area (Å²) in [4.78, 5) is 26.9. The number of para-hydroxylation sites is 1. The van der Waals surface area contributed by atoms with Gasteiger partial charge in [-0.25, -0.2) is 0 Å². The van der Waals surface area contributed by atoms with Crippen LogP contribution in [0.4, 0.5) is 0 Å². The minimum atomic E-state index is -0.159. The number of carbonyl (C=O) groups is 2. The van der Waals surface area contributed by atoms with Crippen LogP contribution < -0.4 is 10.6 Å². The molecule has 5 nitrogen and oxygen atoms in total. The van der Waals surface area contributed by atoms with Gasteiger partial charge < -0.3 is 15.6 Å². The average molecular weight is 297 g/mol. The number of aromatic nitrogens is 1. The molecule has 1 aromatic heterocycles. The normalized spacial score (nSPS) is 20.7. The molecule has 1 heterocycles. The highest BCUT2D eigenvalue weighted by molar-refractivity contribution is 6.05. The number of hydrogen-bond acceptors (Lipinski definition) is 2. The van der Waals surface area contributed by atoms with Crippen molar-refractivity contribution in [2.75, 3.05) is 0 Å². The van der Waals surface area contributed by atoms with E-state index in [4.69, 9.17) is 0 Å². The van der Waals surface area contributed by atoms with E-state index in [-0.39, 0.29) is 23.9 Å². The smallest absolute Gasteiger partial charge is 0.253 e. The fraction of sp³-hybridized carbons (Fsp3) is 0.294. The Hall–Kier alpha value is -2.56. The molecule has 0 bridgehead atoms. The Balaban J connectivity index is 1.64. The molecule has 0 spiro atoms. The van der Waals surface area contributed by atoms with Crippen LogP contribution in [0.3, 0.4) is 0 Å². The number of amides is 2. The maximum absolute atomic E-state index is 12.5. The number of hydrogen-bond donors (Lipinski definition) is 3. The van der Waals surface area contributed by atoms with Crippen LogP contribution in [0, 0.1) is 0 Å².